The normalized spacial score (nSPS) is 12.2. The van der Waals surface area contributed by atoms with Crippen molar-refractivity contribution in [2.24, 2.45) is 0 Å². The molecule has 2 rings (SSSR count). The molecule has 0 saturated carbocycles. The average Bonchev–Trinajstić information content (AvgIpc) is 2.68. The zero-order chi connectivity index (χ0) is 20.4. The fourth-order valence-electron chi connectivity index (χ4n) is 2.70. The first-order valence-electron chi connectivity index (χ1n) is 8.77. The van der Waals surface area contributed by atoms with Crippen LogP contribution in [0.2, 0.25) is 0 Å². The Morgan fingerprint density at radius 2 is 1.36 bits per heavy atom. The molecule has 0 radical (unpaired) electrons. The van der Waals surface area contributed by atoms with Crippen LogP contribution in [-0.4, -0.2) is 35.0 Å². The molecule has 2 amide bonds. The highest BCUT2D eigenvalue weighted by Gasteiger charge is 2.27. The van der Waals surface area contributed by atoms with Crippen LogP contribution in [0.25, 0.3) is 0 Å². The van der Waals surface area contributed by atoms with Gasteiger partial charge < -0.3 is 15.7 Å². The van der Waals surface area contributed by atoms with Crippen LogP contribution in [0.5, 0.6) is 0 Å². The summed E-state index contributed by atoms with van der Waals surface area (Å²) in [4.78, 5) is 36.1. The minimum absolute atomic E-state index is 0.117. The average molecular weight is 379 g/mol. The van der Waals surface area contributed by atoms with E-state index in [1.54, 1.807) is 54.6 Å². The number of hydrogen-bond donors (Lipinski definition) is 3. The van der Waals surface area contributed by atoms with Crippen LogP contribution in [0.3, 0.4) is 0 Å². The maximum Gasteiger partial charge on any atom is 0.326 e. The number of nitrogens with one attached hydrogen (secondary N) is 2. The molecule has 0 bridgehead atoms. The predicted octanol–water partition coefficient (Wildman–Crippen LogP) is 1.44. The molecule has 0 saturated heterocycles. The highest BCUT2D eigenvalue weighted by atomic mass is 16.4. The number of hydrogen-bond acceptors (Lipinski definition) is 4. The Kier molecular flexibility index (Phi) is 7.73. The Balaban J connectivity index is 2.13. The Hall–Kier alpha value is -3.66. The van der Waals surface area contributed by atoms with E-state index >= 15 is 0 Å². The van der Waals surface area contributed by atoms with Gasteiger partial charge in [-0.05, 0) is 11.1 Å². The smallest absolute Gasteiger partial charge is 0.326 e. The van der Waals surface area contributed by atoms with Crippen molar-refractivity contribution < 1.29 is 19.5 Å². The van der Waals surface area contributed by atoms with Crippen LogP contribution in [0.4, 0.5) is 0 Å². The molecule has 7 nitrogen and oxygen atoms in total. The summed E-state index contributed by atoms with van der Waals surface area (Å²) in [5.74, 6) is -2.37. The quantitative estimate of drug-likeness (QED) is 0.609. The standard InChI is InChI=1S/C21H21N3O4/c22-12-11-19(25)23-17(13-15-7-3-1-4-8-15)20(26)24-18(21(27)28)14-16-9-5-2-6-10-16/h1-10,17-18H,11,13-14H2,(H,23,25)(H,24,26)(H,27,28)/t17-,18+/m0/s1. The zero-order valence-corrected chi connectivity index (χ0v) is 15.2. The Morgan fingerprint density at radius 3 is 1.82 bits per heavy atom. The van der Waals surface area contributed by atoms with E-state index < -0.39 is 29.9 Å². The molecule has 28 heavy (non-hydrogen) atoms. The van der Waals surface area contributed by atoms with Crippen molar-refractivity contribution in [3.63, 3.8) is 0 Å². The number of benzene rings is 2. The molecule has 7 heteroatoms. The number of rotatable bonds is 9. The van der Waals surface area contributed by atoms with Crippen LogP contribution in [0.1, 0.15) is 17.5 Å². The molecule has 2 aromatic carbocycles. The summed E-state index contributed by atoms with van der Waals surface area (Å²) in [6.07, 6.45) is -0.0847. The minimum Gasteiger partial charge on any atom is -0.480 e. The van der Waals surface area contributed by atoms with Gasteiger partial charge in [-0.15, -0.1) is 0 Å². The molecule has 2 atom stereocenters. The fourth-order valence-corrected chi connectivity index (χ4v) is 2.70. The predicted molar refractivity (Wildman–Crippen MR) is 102 cm³/mol. The van der Waals surface area contributed by atoms with E-state index in [-0.39, 0.29) is 19.3 Å². The summed E-state index contributed by atoms with van der Waals surface area (Å²) >= 11 is 0. The van der Waals surface area contributed by atoms with E-state index in [2.05, 4.69) is 10.6 Å². The number of carboxylic acids is 1. The third-order valence-electron chi connectivity index (χ3n) is 4.07. The van der Waals surface area contributed by atoms with Crippen molar-refractivity contribution in [3.8, 4) is 6.07 Å². The van der Waals surface area contributed by atoms with Gasteiger partial charge in [-0.25, -0.2) is 4.79 Å². The molecule has 0 fully saturated rings. The number of carbonyl (C=O) groups excluding carboxylic acids is 2. The molecule has 2 aromatic rings. The first-order valence-corrected chi connectivity index (χ1v) is 8.77. The lowest BCUT2D eigenvalue weighted by Crippen LogP contribution is -2.53. The molecule has 0 heterocycles. The van der Waals surface area contributed by atoms with Gasteiger partial charge in [0.25, 0.3) is 0 Å². The van der Waals surface area contributed by atoms with Crippen molar-refractivity contribution >= 4 is 17.8 Å². The van der Waals surface area contributed by atoms with Gasteiger partial charge in [0, 0.05) is 12.8 Å². The van der Waals surface area contributed by atoms with Gasteiger partial charge in [0.15, 0.2) is 0 Å². The lowest BCUT2D eigenvalue weighted by molar-refractivity contribution is -0.142. The highest BCUT2D eigenvalue weighted by Crippen LogP contribution is 2.07. The molecule has 0 aliphatic rings. The number of amides is 2. The Morgan fingerprint density at radius 1 is 0.857 bits per heavy atom. The van der Waals surface area contributed by atoms with E-state index in [0.29, 0.717) is 0 Å². The molecule has 3 N–H and O–H groups in total. The summed E-state index contributed by atoms with van der Waals surface area (Å²) in [7, 11) is 0. The minimum atomic E-state index is -1.17. The first-order chi connectivity index (χ1) is 13.5. The number of nitriles is 1. The third kappa shape index (κ3) is 6.57. The number of nitrogens with zero attached hydrogens (tertiary/aromatic N) is 1. The monoisotopic (exact) mass is 379 g/mol. The summed E-state index contributed by atoms with van der Waals surface area (Å²) in [6.45, 7) is 0. The van der Waals surface area contributed by atoms with Crippen molar-refractivity contribution in [1.82, 2.24) is 10.6 Å². The van der Waals surface area contributed by atoms with Gasteiger partial charge in [-0.2, -0.15) is 5.26 Å². The molecule has 0 spiro atoms. The van der Waals surface area contributed by atoms with Crippen LogP contribution >= 0.6 is 0 Å². The molecule has 0 aromatic heterocycles. The van der Waals surface area contributed by atoms with Gasteiger partial charge >= 0.3 is 5.97 Å². The number of carboxylic acid groups (broad SMARTS) is 1. The largest absolute Gasteiger partial charge is 0.480 e. The maximum absolute atomic E-state index is 12.7. The highest BCUT2D eigenvalue weighted by molar-refractivity contribution is 5.91. The molecule has 0 unspecified atom stereocenters. The maximum atomic E-state index is 12.7. The second-order valence-electron chi connectivity index (χ2n) is 6.23. The second-order valence-corrected chi connectivity index (χ2v) is 6.23. The molecular weight excluding hydrogens is 358 g/mol. The van der Waals surface area contributed by atoms with E-state index in [1.165, 1.54) is 0 Å². The summed E-state index contributed by atoms with van der Waals surface area (Å²) in [6, 6.07) is 17.6. The topological polar surface area (TPSA) is 119 Å². The Bertz CT molecular complexity index is 847. The van der Waals surface area contributed by atoms with E-state index in [1.807, 2.05) is 12.1 Å². The van der Waals surface area contributed by atoms with Crippen LogP contribution < -0.4 is 10.6 Å². The van der Waals surface area contributed by atoms with Crippen molar-refractivity contribution in [2.75, 3.05) is 0 Å². The molecule has 144 valence electrons. The summed E-state index contributed by atoms with van der Waals surface area (Å²) < 4.78 is 0. The molecule has 0 aliphatic heterocycles. The molecule has 0 aliphatic carbocycles. The zero-order valence-electron chi connectivity index (χ0n) is 15.2. The fraction of sp³-hybridized carbons (Fsp3) is 0.238. The second kappa shape index (κ2) is 10.5. The first kappa shape index (κ1) is 20.6. The van der Waals surface area contributed by atoms with Gasteiger partial charge in [0.1, 0.15) is 18.5 Å². The molecular formula is C21H21N3O4. The van der Waals surface area contributed by atoms with Crippen molar-refractivity contribution in [1.29, 1.82) is 5.26 Å². The van der Waals surface area contributed by atoms with E-state index in [4.69, 9.17) is 5.26 Å². The van der Waals surface area contributed by atoms with E-state index in [9.17, 15) is 19.5 Å². The number of carbonyl (C=O) groups is 3. The lowest BCUT2D eigenvalue weighted by atomic mass is 10.0. The van der Waals surface area contributed by atoms with Crippen molar-refractivity contribution in [2.45, 2.75) is 31.3 Å². The van der Waals surface area contributed by atoms with Gasteiger partial charge in [0.05, 0.1) is 6.07 Å². The number of aliphatic carboxylic acids is 1. The summed E-state index contributed by atoms with van der Waals surface area (Å²) in [5, 5.41) is 23.2. The SMILES string of the molecule is N#CCC(=O)N[C@@H](Cc1ccccc1)C(=O)N[C@H](Cc1ccccc1)C(=O)O. The van der Waals surface area contributed by atoms with Crippen LogP contribution in [0, 0.1) is 11.3 Å². The van der Waals surface area contributed by atoms with Crippen LogP contribution in [0.15, 0.2) is 60.7 Å². The van der Waals surface area contributed by atoms with Gasteiger partial charge in [-0.1, -0.05) is 60.7 Å². The third-order valence-corrected chi connectivity index (χ3v) is 4.07. The summed E-state index contributed by atoms with van der Waals surface area (Å²) in [5.41, 5.74) is 1.57. The van der Waals surface area contributed by atoms with Crippen molar-refractivity contribution in [3.05, 3.63) is 71.8 Å². The van der Waals surface area contributed by atoms with Gasteiger partial charge in [0.2, 0.25) is 11.8 Å². The lowest BCUT2D eigenvalue weighted by Gasteiger charge is -2.21. The van der Waals surface area contributed by atoms with Crippen LogP contribution in [-0.2, 0) is 27.2 Å². The van der Waals surface area contributed by atoms with E-state index in [0.717, 1.165) is 11.1 Å². The Labute approximate surface area is 163 Å². The van der Waals surface area contributed by atoms with Gasteiger partial charge in [-0.3, -0.25) is 9.59 Å².